The van der Waals surface area contributed by atoms with E-state index in [-0.39, 0.29) is 85.0 Å². The predicted molar refractivity (Wildman–Crippen MR) is 188 cm³/mol. The van der Waals surface area contributed by atoms with Crippen LogP contribution in [0.2, 0.25) is 0 Å². The van der Waals surface area contributed by atoms with Crippen molar-refractivity contribution in [2.24, 2.45) is 35.5 Å². The Morgan fingerprint density at radius 1 is 0.709 bits per heavy atom. The SMILES string of the molecule is CCC(CCC(=O)O)C(=O)O.CCC1CC(C(=O)O)CCC1=O.CCC1CC(C(=O)O)CCC1O.CCCC(CCC(=O)OC)C(=O)OC.O=C=O.O=C=O. The van der Waals surface area contributed by atoms with Gasteiger partial charge in [0.25, 0.3) is 0 Å². The third-order valence-corrected chi connectivity index (χ3v) is 9.07. The largest absolute Gasteiger partial charge is 0.481 e. The van der Waals surface area contributed by atoms with Crippen LogP contribution in [0.15, 0.2) is 0 Å². The fourth-order valence-electron chi connectivity index (χ4n) is 5.73. The summed E-state index contributed by atoms with van der Waals surface area (Å²) in [6.45, 7) is 7.67. The van der Waals surface area contributed by atoms with E-state index < -0.39 is 29.8 Å². The first-order valence-electron chi connectivity index (χ1n) is 18.1. The molecule has 7 atom stereocenters. The van der Waals surface area contributed by atoms with Gasteiger partial charge in [0.1, 0.15) is 5.78 Å². The number of rotatable bonds is 15. The molecule has 0 saturated heterocycles. The maximum absolute atomic E-state index is 11.2. The second-order valence-electron chi connectivity index (χ2n) is 12.6. The lowest BCUT2D eigenvalue weighted by atomic mass is 9.78. The summed E-state index contributed by atoms with van der Waals surface area (Å²) in [7, 11) is 2.71. The Kier molecular flexibility index (Phi) is 37.5. The summed E-state index contributed by atoms with van der Waals surface area (Å²) in [6.07, 6.45) is 8.43. The van der Waals surface area contributed by atoms with Crippen molar-refractivity contribution in [2.45, 2.75) is 130 Å². The smallest absolute Gasteiger partial charge is 0.373 e. The lowest BCUT2D eigenvalue weighted by Crippen LogP contribution is -2.32. The molecule has 0 aromatic carbocycles. The molecule has 2 rings (SSSR count). The van der Waals surface area contributed by atoms with Gasteiger partial charge < -0.3 is 35.0 Å². The molecule has 2 fully saturated rings. The number of carboxylic acid groups (broad SMARTS) is 4. The van der Waals surface area contributed by atoms with Gasteiger partial charge >= 0.3 is 48.1 Å². The third-order valence-electron chi connectivity index (χ3n) is 9.07. The van der Waals surface area contributed by atoms with Crippen LogP contribution >= 0.6 is 0 Å². The molecule has 2 aliphatic carbocycles. The molecular formula is C37H60O18. The molecule has 316 valence electrons. The molecule has 2 aliphatic rings. The number of Topliss-reactive ketones (excluding diaryl/α,β-unsaturated/α-hetero) is 1. The molecule has 0 aliphatic heterocycles. The molecule has 0 radical (unpaired) electrons. The maximum Gasteiger partial charge on any atom is 0.373 e. The summed E-state index contributed by atoms with van der Waals surface area (Å²) >= 11 is 0. The topological polar surface area (TPSA) is 307 Å². The van der Waals surface area contributed by atoms with Crippen molar-refractivity contribution in [2.75, 3.05) is 14.2 Å². The molecule has 7 unspecified atom stereocenters. The number of carboxylic acids is 4. The molecule has 0 bridgehead atoms. The van der Waals surface area contributed by atoms with Crippen LogP contribution < -0.4 is 0 Å². The van der Waals surface area contributed by atoms with Gasteiger partial charge in [-0.2, -0.15) is 19.2 Å². The Balaban J connectivity index is -0.000000301. The van der Waals surface area contributed by atoms with Crippen LogP contribution in [-0.4, -0.2) is 99.8 Å². The fourth-order valence-corrected chi connectivity index (χ4v) is 5.73. The molecule has 5 N–H and O–H groups in total. The van der Waals surface area contributed by atoms with Crippen LogP contribution in [-0.2, 0) is 62.2 Å². The number of esters is 2. The van der Waals surface area contributed by atoms with Gasteiger partial charge in [-0.25, -0.2) is 0 Å². The summed E-state index contributed by atoms with van der Waals surface area (Å²) in [4.78, 5) is 107. The Bertz CT molecular complexity index is 1190. The highest BCUT2D eigenvalue weighted by Crippen LogP contribution is 2.31. The molecular weight excluding hydrogens is 732 g/mol. The summed E-state index contributed by atoms with van der Waals surface area (Å²) in [6, 6.07) is 0. The van der Waals surface area contributed by atoms with Crippen molar-refractivity contribution in [3.8, 4) is 0 Å². The highest BCUT2D eigenvalue weighted by Gasteiger charge is 2.32. The van der Waals surface area contributed by atoms with Crippen LogP contribution in [0.1, 0.15) is 124 Å². The minimum absolute atomic E-state index is 0.000139. The first-order chi connectivity index (χ1) is 25.8. The van der Waals surface area contributed by atoms with Gasteiger partial charge in [0, 0.05) is 25.2 Å². The number of carbonyl (C=O) groups is 7. The lowest BCUT2D eigenvalue weighted by molar-refractivity contribution is -0.193. The molecule has 18 heteroatoms. The molecule has 0 amide bonds. The Morgan fingerprint density at radius 3 is 1.60 bits per heavy atom. The third kappa shape index (κ3) is 30.3. The van der Waals surface area contributed by atoms with Crippen LogP contribution in [0.5, 0.6) is 0 Å². The number of ketones is 1. The van der Waals surface area contributed by atoms with Crippen LogP contribution in [0, 0.1) is 35.5 Å². The number of methoxy groups -OCH3 is 2. The Labute approximate surface area is 321 Å². The fraction of sp³-hybridized carbons (Fsp3) is 0.757. The van der Waals surface area contributed by atoms with Crippen molar-refractivity contribution in [3.63, 3.8) is 0 Å². The highest BCUT2D eigenvalue weighted by atomic mass is 16.5. The number of aliphatic hydroxyl groups excluding tert-OH is 1. The average Bonchev–Trinajstić information content (AvgIpc) is 3.14. The van der Waals surface area contributed by atoms with Crippen LogP contribution in [0.3, 0.4) is 0 Å². The number of ether oxygens (including phenoxy) is 2. The highest BCUT2D eigenvalue weighted by molar-refractivity contribution is 5.84. The molecule has 55 heavy (non-hydrogen) atoms. The van der Waals surface area contributed by atoms with Crippen molar-refractivity contribution >= 4 is 53.9 Å². The molecule has 2 saturated carbocycles. The molecule has 18 nitrogen and oxygen atoms in total. The number of hydrogen-bond acceptors (Lipinski definition) is 14. The monoisotopic (exact) mass is 792 g/mol. The zero-order valence-electron chi connectivity index (χ0n) is 32.7. The first-order valence-corrected chi connectivity index (χ1v) is 18.1. The normalized spacial score (nSPS) is 20.3. The maximum atomic E-state index is 11.2. The zero-order valence-corrected chi connectivity index (χ0v) is 32.7. The van der Waals surface area contributed by atoms with Gasteiger partial charge in [-0.15, -0.1) is 0 Å². The van der Waals surface area contributed by atoms with Gasteiger partial charge in [0.15, 0.2) is 0 Å². The summed E-state index contributed by atoms with van der Waals surface area (Å²) < 4.78 is 9.14. The van der Waals surface area contributed by atoms with Gasteiger partial charge in [-0.3, -0.25) is 33.6 Å². The van der Waals surface area contributed by atoms with Crippen LogP contribution in [0.4, 0.5) is 0 Å². The van der Waals surface area contributed by atoms with Crippen molar-refractivity contribution in [1.29, 1.82) is 0 Å². The second-order valence-corrected chi connectivity index (χ2v) is 12.6. The van der Waals surface area contributed by atoms with E-state index in [0.717, 1.165) is 25.7 Å². The van der Waals surface area contributed by atoms with Crippen molar-refractivity contribution in [1.82, 2.24) is 0 Å². The first kappa shape index (κ1) is 56.9. The van der Waals surface area contributed by atoms with E-state index in [1.807, 2.05) is 20.8 Å². The average molecular weight is 793 g/mol. The number of aliphatic hydroxyl groups is 1. The summed E-state index contributed by atoms with van der Waals surface area (Å²) in [5.41, 5.74) is 0. The van der Waals surface area contributed by atoms with E-state index in [9.17, 15) is 38.7 Å². The number of carbonyl (C=O) groups excluding carboxylic acids is 7. The van der Waals surface area contributed by atoms with Gasteiger partial charge in [0.2, 0.25) is 0 Å². The van der Waals surface area contributed by atoms with E-state index >= 15 is 0 Å². The summed E-state index contributed by atoms with van der Waals surface area (Å²) in [5.74, 6) is -4.58. The predicted octanol–water partition coefficient (Wildman–Crippen LogP) is 4.05. The van der Waals surface area contributed by atoms with E-state index in [0.29, 0.717) is 51.4 Å². The second kappa shape index (κ2) is 36.2. The Morgan fingerprint density at radius 2 is 1.22 bits per heavy atom. The molecule has 0 aromatic heterocycles. The van der Waals surface area contributed by atoms with E-state index in [1.54, 1.807) is 6.92 Å². The van der Waals surface area contributed by atoms with Crippen molar-refractivity contribution < 1.29 is 87.7 Å². The molecule has 0 heterocycles. The van der Waals surface area contributed by atoms with Crippen LogP contribution in [0.25, 0.3) is 0 Å². The molecule has 0 spiro atoms. The Hall–Kier alpha value is -4.79. The lowest BCUT2D eigenvalue weighted by Gasteiger charge is -2.30. The zero-order chi connectivity index (χ0) is 43.5. The minimum Gasteiger partial charge on any atom is -0.481 e. The van der Waals surface area contributed by atoms with Crippen molar-refractivity contribution in [3.05, 3.63) is 0 Å². The van der Waals surface area contributed by atoms with E-state index in [4.69, 9.17) is 39.6 Å². The quantitative estimate of drug-likeness (QED) is 0.146. The minimum atomic E-state index is -0.940. The molecule has 0 aromatic rings. The number of aliphatic carboxylic acids is 4. The van der Waals surface area contributed by atoms with Gasteiger partial charge in [-0.1, -0.05) is 40.5 Å². The summed E-state index contributed by atoms with van der Waals surface area (Å²) in [5, 5.41) is 43.7. The standard InChI is InChI=1S/C10H18O4.C9H16O3.C9H14O3.C7H12O4.2CO2/c1-4-5-8(10(12)14-3)6-7-9(11)13-2;2*1-2-6-5-7(9(11)12)3-4-8(6)10;1-2-5(7(10)11)3-4-6(8)9;2*2-1-3/h8H,4-7H2,1-3H3;6-8,10H,2-5H2,1H3,(H,11,12);6-7H,2-5H2,1H3,(H,11,12);5H,2-4H2,1H3,(H,8,9)(H,10,11);;. The van der Waals surface area contributed by atoms with E-state index in [1.165, 1.54) is 14.2 Å². The van der Waals surface area contributed by atoms with E-state index in [2.05, 4.69) is 9.47 Å². The number of hydrogen-bond donors (Lipinski definition) is 5. The van der Waals surface area contributed by atoms with Gasteiger partial charge in [-0.05, 0) is 70.1 Å². The van der Waals surface area contributed by atoms with Gasteiger partial charge in [0.05, 0.1) is 44.0 Å².